The summed E-state index contributed by atoms with van der Waals surface area (Å²) in [6.45, 7) is 4.98. The molecule has 2 aromatic rings. The fourth-order valence-corrected chi connectivity index (χ4v) is 5.65. The van der Waals surface area contributed by atoms with E-state index in [1.807, 2.05) is 0 Å². The summed E-state index contributed by atoms with van der Waals surface area (Å²) in [5.74, 6) is 1.30. The van der Waals surface area contributed by atoms with Gasteiger partial charge in [0, 0.05) is 17.3 Å². The molecule has 0 atom stereocenters. The van der Waals surface area contributed by atoms with Gasteiger partial charge in [0.25, 0.3) is 0 Å². The van der Waals surface area contributed by atoms with E-state index in [-0.39, 0.29) is 17.6 Å². The number of aromatic nitrogens is 3. The number of nitrogens with zero attached hydrogens (tertiary/aromatic N) is 3. The minimum atomic E-state index is -0.343. The summed E-state index contributed by atoms with van der Waals surface area (Å²) in [5.41, 5.74) is 1.59. The van der Waals surface area contributed by atoms with Gasteiger partial charge in [0.1, 0.15) is 10.8 Å². The predicted octanol–water partition coefficient (Wildman–Crippen LogP) is 3.63. The lowest BCUT2D eigenvalue weighted by Gasteiger charge is -2.08. The number of nitrogens with one attached hydrogen (secondary N) is 1. The second-order valence-electron chi connectivity index (χ2n) is 6.98. The number of aryl methyl sites for hydroxylation is 1. The van der Waals surface area contributed by atoms with Gasteiger partial charge in [-0.3, -0.25) is 4.79 Å². The van der Waals surface area contributed by atoms with Crippen LogP contribution in [0.1, 0.15) is 65.7 Å². The summed E-state index contributed by atoms with van der Waals surface area (Å²) in [5, 5.41) is 12.9. The first kappa shape index (κ1) is 19.4. The zero-order valence-electron chi connectivity index (χ0n) is 16.1. The van der Waals surface area contributed by atoms with Crippen molar-refractivity contribution in [3.63, 3.8) is 0 Å². The maximum Gasteiger partial charge on any atom is 0.341 e. The molecule has 7 nitrogen and oxygen atoms in total. The third-order valence-corrected chi connectivity index (χ3v) is 7.16. The molecule has 0 radical (unpaired) electrons. The van der Waals surface area contributed by atoms with Crippen LogP contribution in [0.3, 0.4) is 0 Å². The van der Waals surface area contributed by atoms with Crippen LogP contribution in [-0.2, 0) is 28.9 Å². The van der Waals surface area contributed by atoms with Gasteiger partial charge in [0.05, 0.1) is 17.9 Å². The Morgan fingerprint density at radius 1 is 1.29 bits per heavy atom. The van der Waals surface area contributed by atoms with Crippen LogP contribution in [0.25, 0.3) is 0 Å². The first-order valence-electron chi connectivity index (χ1n) is 9.79. The van der Waals surface area contributed by atoms with Crippen LogP contribution < -0.4 is 5.32 Å². The van der Waals surface area contributed by atoms with Crippen molar-refractivity contribution in [1.82, 2.24) is 14.8 Å². The van der Waals surface area contributed by atoms with E-state index in [0.717, 1.165) is 42.4 Å². The van der Waals surface area contributed by atoms with E-state index in [0.29, 0.717) is 23.1 Å². The highest BCUT2D eigenvalue weighted by Crippen LogP contribution is 2.41. The molecular weight excluding hydrogens is 396 g/mol. The lowest BCUT2D eigenvalue weighted by Crippen LogP contribution is -2.17. The molecule has 1 amide bonds. The molecule has 28 heavy (non-hydrogen) atoms. The van der Waals surface area contributed by atoms with Gasteiger partial charge in [0.15, 0.2) is 5.16 Å². The maximum atomic E-state index is 12.6. The van der Waals surface area contributed by atoms with E-state index >= 15 is 0 Å². The van der Waals surface area contributed by atoms with Crippen molar-refractivity contribution in [2.24, 2.45) is 0 Å². The van der Waals surface area contributed by atoms with E-state index < -0.39 is 0 Å². The summed E-state index contributed by atoms with van der Waals surface area (Å²) < 4.78 is 7.31. The molecule has 2 aliphatic rings. The van der Waals surface area contributed by atoms with Gasteiger partial charge < -0.3 is 14.6 Å². The highest BCUT2D eigenvalue weighted by atomic mass is 32.2. The summed E-state index contributed by atoms with van der Waals surface area (Å²) >= 11 is 2.89. The van der Waals surface area contributed by atoms with Crippen LogP contribution >= 0.6 is 23.1 Å². The van der Waals surface area contributed by atoms with Crippen molar-refractivity contribution in [2.45, 2.75) is 63.6 Å². The number of rotatable bonds is 8. The number of ether oxygens (including phenoxy) is 1. The number of amides is 1. The zero-order chi connectivity index (χ0) is 19.7. The molecule has 1 saturated carbocycles. The number of fused-ring (bicyclic) bond motifs is 1. The highest BCUT2D eigenvalue weighted by Gasteiger charge is 2.31. The Hall–Kier alpha value is -1.87. The van der Waals surface area contributed by atoms with Crippen molar-refractivity contribution in [3.8, 4) is 0 Å². The normalized spacial score (nSPS) is 15.5. The van der Waals surface area contributed by atoms with Crippen LogP contribution in [0.2, 0.25) is 0 Å². The molecular formula is C19H24N4O3S2. The van der Waals surface area contributed by atoms with Crippen molar-refractivity contribution < 1.29 is 14.3 Å². The van der Waals surface area contributed by atoms with E-state index in [2.05, 4.69) is 27.0 Å². The summed E-state index contributed by atoms with van der Waals surface area (Å²) in [6.07, 6.45) is 5.22. The number of carbonyl (C=O) groups excluding carboxylic acids is 2. The first-order valence-corrected chi connectivity index (χ1v) is 11.6. The molecule has 0 saturated heterocycles. The number of hydrogen-bond donors (Lipinski definition) is 1. The van der Waals surface area contributed by atoms with Gasteiger partial charge in [-0.1, -0.05) is 11.8 Å². The molecule has 0 aliphatic heterocycles. The minimum absolute atomic E-state index is 0.144. The predicted molar refractivity (Wildman–Crippen MR) is 109 cm³/mol. The van der Waals surface area contributed by atoms with Gasteiger partial charge in [-0.2, -0.15) is 0 Å². The van der Waals surface area contributed by atoms with E-state index in [1.54, 1.807) is 6.92 Å². The molecule has 2 aliphatic carbocycles. The fourth-order valence-electron chi connectivity index (χ4n) is 3.55. The lowest BCUT2D eigenvalue weighted by molar-refractivity contribution is -0.113. The SMILES string of the molecule is CCOC(=O)c1c(NC(=O)CSc2nnc(C3CC3)n2CC)sc2c1CCC2. The quantitative estimate of drug-likeness (QED) is 0.518. The Morgan fingerprint density at radius 2 is 2.11 bits per heavy atom. The van der Waals surface area contributed by atoms with E-state index in [1.165, 1.54) is 40.8 Å². The number of carbonyl (C=O) groups is 2. The number of esters is 1. The topological polar surface area (TPSA) is 86.1 Å². The second kappa shape index (κ2) is 8.24. The van der Waals surface area contributed by atoms with Crippen LogP contribution in [0.5, 0.6) is 0 Å². The molecule has 2 heterocycles. The third kappa shape index (κ3) is 3.82. The first-order chi connectivity index (χ1) is 13.6. The van der Waals surface area contributed by atoms with Crippen LogP contribution in [0, 0.1) is 0 Å². The molecule has 0 aromatic carbocycles. The largest absolute Gasteiger partial charge is 0.462 e. The Labute approximate surface area is 172 Å². The smallest absolute Gasteiger partial charge is 0.341 e. The average Bonchev–Trinajstić information content (AvgIpc) is 3.12. The van der Waals surface area contributed by atoms with Crippen LogP contribution in [0.15, 0.2) is 5.16 Å². The Bertz CT molecular complexity index is 901. The second-order valence-corrected chi connectivity index (χ2v) is 9.03. The summed E-state index contributed by atoms with van der Waals surface area (Å²) in [4.78, 5) is 26.2. The van der Waals surface area contributed by atoms with Crippen molar-refractivity contribution in [1.29, 1.82) is 0 Å². The number of anilines is 1. The molecule has 0 bridgehead atoms. The van der Waals surface area contributed by atoms with Gasteiger partial charge in [-0.15, -0.1) is 21.5 Å². The van der Waals surface area contributed by atoms with Crippen LogP contribution in [-0.4, -0.2) is 39.0 Å². The van der Waals surface area contributed by atoms with Gasteiger partial charge in [-0.25, -0.2) is 4.79 Å². The number of hydrogen-bond acceptors (Lipinski definition) is 7. The Morgan fingerprint density at radius 3 is 2.82 bits per heavy atom. The summed E-state index contributed by atoms with van der Waals surface area (Å²) in [7, 11) is 0. The van der Waals surface area contributed by atoms with Crippen molar-refractivity contribution >= 4 is 40.0 Å². The molecule has 0 unspecified atom stereocenters. The molecule has 1 N–H and O–H groups in total. The zero-order valence-corrected chi connectivity index (χ0v) is 17.8. The average molecular weight is 421 g/mol. The molecule has 4 rings (SSSR count). The number of thioether (sulfide) groups is 1. The summed E-state index contributed by atoms with van der Waals surface area (Å²) in [6, 6.07) is 0. The Balaban J connectivity index is 1.44. The van der Waals surface area contributed by atoms with Gasteiger partial charge in [-0.05, 0) is 51.5 Å². The van der Waals surface area contributed by atoms with E-state index in [9.17, 15) is 9.59 Å². The van der Waals surface area contributed by atoms with Gasteiger partial charge >= 0.3 is 5.97 Å². The Kier molecular flexibility index (Phi) is 5.73. The highest BCUT2D eigenvalue weighted by molar-refractivity contribution is 7.99. The van der Waals surface area contributed by atoms with Crippen molar-refractivity contribution in [3.05, 3.63) is 21.8 Å². The van der Waals surface area contributed by atoms with Crippen LogP contribution in [0.4, 0.5) is 5.00 Å². The monoisotopic (exact) mass is 420 g/mol. The molecule has 1 fully saturated rings. The maximum absolute atomic E-state index is 12.6. The molecule has 2 aromatic heterocycles. The van der Waals surface area contributed by atoms with Crippen molar-refractivity contribution in [2.75, 3.05) is 17.7 Å². The fraction of sp³-hybridized carbons (Fsp3) is 0.579. The molecule has 150 valence electrons. The van der Waals surface area contributed by atoms with Gasteiger partial charge in [0.2, 0.25) is 5.91 Å². The lowest BCUT2D eigenvalue weighted by atomic mass is 10.1. The third-order valence-electron chi connectivity index (χ3n) is 4.99. The van der Waals surface area contributed by atoms with E-state index in [4.69, 9.17) is 4.74 Å². The minimum Gasteiger partial charge on any atom is -0.462 e. The molecule has 0 spiro atoms. The molecule has 9 heteroatoms. The number of thiophene rings is 1. The standard InChI is InChI=1S/C19H24N4O3S2/c1-3-23-16(11-8-9-11)21-22-19(23)27-10-14(24)20-17-15(18(25)26-4-2)12-6-5-7-13(12)28-17/h11H,3-10H2,1-2H3,(H,20,24).